The summed E-state index contributed by atoms with van der Waals surface area (Å²) in [4.78, 5) is 11.7. The Hall–Kier alpha value is -1.35. The lowest BCUT2D eigenvalue weighted by atomic mass is 9.93. The molecule has 0 bridgehead atoms. The molecule has 0 aliphatic carbocycles. The first-order chi connectivity index (χ1) is 7.09. The molecule has 0 fully saturated rings. The zero-order valence-electron chi connectivity index (χ0n) is 9.19. The second-order valence-electron chi connectivity index (χ2n) is 3.70. The van der Waals surface area contributed by atoms with Crippen molar-refractivity contribution < 1.29 is 9.53 Å². The largest absolute Gasteiger partial charge is 0.464 e. The van der Waals surface area contributed by atoms with Crippen LogP contribution in [0.25, 0.3) is 0 Å². The van der Waals surface area contributed by atoms with E-state index in [4.69, 9.17) is 10.5 Å². The van der Waals surface area contributed by atoms with E-state index in [2.05, 4.69) is 0 Å². The Morgan fingerprint density at radius 2 is 2.00 bits per heavy atom. The predicted octanol–water partition coefficient (Wildman–Crippen LogP) is 1.81. The molecule has 0 saturated heterocycles. The van der Waals surface area contributed by atoms with Crippen molar-refractivity contribution in [2.45, 2.75) is 25.8 Å². The van der Waals surface area contributed by atoms with E-state index in [1.165, 1.54) is 0 Å². The quantitative estimate of drug-likeness (QED) is 0.766. The van der Waals surface area contributed by atoms with Gasteiger partial charge in [-0.2, -0.15) is 0 Å². The highest BCUT2D eigenvalue weighted by molar-refractivity contribution is 5.81. The maximum Gasteiger partial charge on any atom is 0.330 e. The molecule has 0 aromatic heterocycles. The summed E-state index contributed by atoms with van der Waals surface area (Å²) < 4.78 is 5.05. The molecule has 1 atom stereocenters. The lowest BCUT2D eigenvalue weighted by Crippen LogP contribution is -2.43. The molecule has 0 amide bonds. The first-order valence-corrected chi connectivity index (χ1v) is 5.10. The first-order valence-electron chi connectivity index (χ1n) is 5.10. The van der Waals surface area contributed by atoms with E-state index >= 15 is 0 Å². The molecule has 1 aromatic carbocycles. The third-order valence-corrected chi connectivity index (χ3v) is 2.23. The summed E-state index contributed by atoms with van der Waals surface area (Å²) in [5, 5.41) is 0. The Labute approximate surface area is 90.2 Å². The maximum absolute atomic E-state index is 11.7. The van der Waals surface area contributed by atoms with Gasteiger partial charge >= 0.3 is 5.97 Å². The average Bonchev–Trinajstić information content (AvgIpc) is 2.27. The summed E-state index contributed by atoms with van der Waals surface area (Å²) in [5.41, 5.74) is 5.66. The lowest BCUT2D eigenvalue weighted by Gasteiger charge is -2.22. The third-order valence-electron chi connectivity index (χ3n) is 2.23. The van der Waals surface area contributed by atoms with Crippen molar-refractivity contribution in [2.24, 2.45) is 5.73 Å². The smallest absolute Gasteiger partial charge is 0.330 e. The Kier molecular flexibility index (Phi) is 3.86. The molecule has 0 heterocycles. The minimum absolute atomic E-state index is 0.379. The number of ether oxygens (including phenoxy) is 1. The van der Waals surface area contributed by atoms with Crippen molar-refractivity contribution in [1.29, 1.82) is 0 Å². The normalized spacial score (nSPS) is 14.3. The number of nitrogens with two attached hydrogens (primary N) is 1. The Morgan fingerprint density at radius 3 is 2.53 bits per heavy atom. The van der Waals surface area contributed by atoms with Gasteiger partial charge in [0.1, 0.15) is 5.54 Å². The van der Waals surface area contributed by atoms with Crippen molar-refractivity contribution in [3.05, 3.63) is 35.9 Å². The van der Waals surface area contributed by atoms with Gasteiger partial charge in [0.15, 0.2) is 0 Å². The zero-order valence-corrected chi connectivity index (χ0v) is 9.19. The topological polar surface area (TPSA) is 52.3 Å². The molecule has 0 radical (unpaired) electrons. The van der Waals surface area contributed by atoms with Crippen molar-refractivity contribution in [3.8, 4) is 0 Å². The summed E-state index contributed by atoms with van der Waals surface area (Å²) >= 11 is 0. The molecular weight excluding hydrogens is 190 g/mol. The molecule has 0 spiro atoms. The number of esters is 1. The van der Waals surface area contributed by atoms with Gasteiger partial charge in [-0.15, -0.1) is 0 Å². The van der Waals surface area contributed by atoms with Crippen molar-refractivity contribution in [3.63, 3.8) is 0 Å². The van der Waals surface area contributed by atoms with Gasteiger partial charge in [-0.25, -0.2) is 4.79 Å². The Morgan fingerprint density at radius 1 is 1.40 bits per heavy atom. The van der Waals surface area contributed by atoms with Crippen LogP contribution in [0.3, 0.4) is 0 Å². The molecule has 82 valence electrons. The molecule has 0 unspecified atom stereocenters. The molecule has 2 N–H and O–H groups in total. The van der Waals surface area contributed by atoms with Crippen LogP contribution in [0.5, 0.6) is 0 Å². The van der Waals surface area contributed by atoms with Crippen LogP contribution in [0.1, 0.15) is 25.8 Å². The zero-order chi connectivity index (χ0) is 11.3. The van der Waals surface area contributed by atoms with Crippen LogP contribution >= 0.6 is 0 Å². The van der Waals surface area contributed by atoms with E-state index < -0.39 is 5.54 Å². The van der Waals surface area contributed by atoms with E-state index in [1.807, 2.05) is 37.3 Å². The van der Waals surface area contributed by atoms with Crippen LogP contribution in [0.15, 0.2) is 30.3 Å². The minimum atomic E-state index is -1.06. The minimum Gasteiger partial charge on any atom is -0.464 e. The molecule has 15 heavy (non-hydrogen) atoms. The van der Waals surface area contributed by atoms with Crippen LogP contribution in [0.2, 0.25) is 0 Å². The van der Waals surface area contributed by atoms with Crippen molar-refractivity contribution in [1.82, 2.24) is 0 Å². The summed E-state index contributed by atoms with van der Waals surface area (Å²) in [5.74, 6) is -0.379. The van der Waals surface area contributed by atoms with Gasteiger partial charge in [-0.1, -0.05) is 37.3 Å². The second kappa shape index (κ2) is 4.94. The number of benzene rings is 1. The van der Waals surface area contributed by atoms with Gasteiger partial charge < -0.3 is 10.5 Å². The molecule has 1 rings (SSSR count). The summed E-state index contributed by atoms with van der Waals surface area (Å²) in [7, 11) is 0. The molecular formula is C12H17NO2. The monoisotopic (exact) mass is 207 g/mol. The Balaban J connectivity index is 2.78. The van der Waals surface area contributed by atoms with E-state index in [-0.39, 0.29) is 5.97 Å². The number of rotatable bonds is 4. The highest BCUT2D eigenvalue weighted by atomic mass is 16.5. The summed E-state index contributed by atoms with van der Waals surface area (Å²) in [6, 6.07) is 9.25. The highest BCUT2D eigenvalue weighted by Crippen LogP contribution is 2.18. The molecule has 3 heteroatoms. The SMILES string of the molecule is CCCOC(=O)[C@@](C)(N)c1ccccc1. The van der Waals surface area contributed by atoms with Crippen LogP contribution in [0.4, 0.5) is 0 Å². The lowest BCUT2D eigenvalue weighted by molar-refractivity contribution is -0.149. The van der Waals surface area contributed by atoms with Crippen LogP contribution in [0, 0.1) is 0 Å². The van der Waals surface area contributed by atoms with Gasteiger partial charge in [0.2, 0.25) is 0 Å². The molecule has 0 saturated carbocycles. The fourth-order valence-electron chi connectivity index (χ4n) is 1.25. The number of carbonyl (C=O) groups excluding carboxylic acids is 1. The van der Waals surface area contributed by atoms with Gasteiger partial charge in [0.05, 0.1) is 6.61 Å². The predicted molar refractivity (Wildman–Crippen MR) is 59.2 cm³/mol. The average molecular weight is 207 g/mol. The van der Waals surface area contributed by atoms with E-state index in [0.29, 0.717) is 6.61 Å². The standard InChI is InChI=1S/C12H17NO2/c1-3-9-15-11(14)12(2,13)10-7-5-4-6-8-10/h4-8H,3,9,13H2,1-2H3/t12-/m0/s1. The van der Waals surface area contributed by atoms with E-state index in [9.17, 15) is 4.79 Å². The van der Waals surface area contributed by atoms with E-state index in [0.717, 1.165) is 12.0 Å². The first kappa shape index (κ1) is 11.7. The molecule has 0 aliphatic heterocycles. The summed E-state index contributed by atoms with van der Waals surface area (Å²) in [6.45, 7) is 4.03. The van der Waals surface area contributed by atoms with Gasteiger partial charge in [0, 0.05) is 0 Å². The maximum atomic E-state index is 11.7. The van der Waals surface area contributed by atoms with Crippen LogP contribution in [-0.2, 0) is 15.1 Å². The van der Waals surface area contributed by atoms with Crippen molar-refractivity contribution in [2.75, 3.05) is 6.61 Å². The number of hydrogen-bond donors (Lipinski definition) is 1. The van der Waals surface area contributed by atoms with E-state index in [1.54, 1.807) is 6.92 Å². The second-order valence-corrected chi connectivity index (χ2v) is 3.70. The number of hydrogen-bond acceptors (Lipinski definition) is 3. The van der Waals surface area contributed by atoms with Crippen LogP contribution in [-0.4, -0.2) is 12.6 Å². The third kappa shape index (κ3) is 2.80. The molecule has 1 aromatic rings. The molecule has 0 aliphatic rings. The van der Waals surface area contributed by atoms with Crippen LogP contribution < -0.4 is 5.73 Å². The number of carbonyl (C=O) groups is 1. The van der Waals surface area contributed by atoms with Gasteiger partial charge in [-0.3, -0.25) is 0 Å². The molecule has 3 nitrogen and oxygen atoms in total. The van der Waals surface area contributed by atoms with Crippen molar-refractivity contribution >= 4 is 5.97 Å². The van der Waals surface area contributed by atoms with Gasteiger partial charge in [-0.05, 0) is 18.9 Å². The Bertz CT molecular complexity index is 320. The fourth-order valence-corrected chi connectivity index (χ4v) is 1.25. The summed E-state index contributed by atoms with van der Waals surface area (Å²) in [6.07, 6.45) is 0.802. The van der Waals surface area contributed by atoms with Gasteiger partial charge in [0.25, 0.3) is 0 Å². The fraction of sp³-hybridized carbons (Fsp3) is 0.417. The highest BCUT2D eigenvalue weighted by Gasteiger charge is 2.31.